The van der Waals surface area contributed by atoms with Gasteiger partial charge in [0.25, 0.3) is 0 Å². The summed E-state index contributed by atoms with van der Waals surface area (Å²) in [4.78, 5) is 9.99. The Morgan fingerprint density at radius 1 is 0.418 bits per heavy atom. The number of fused-ring (bicyclic) bond motifs is 2. The zero-order valence-electron chi connectivity index (χ0n) is 37.6. The van der Waals surface area contributed by atoms with E-state index in [2.05, 4.69) is 94.8 Å². The largest absolute Gasteiger partial charge is 0.497 e. The number of rotatable bonds is 10. The third kappa shape index (κ3) is 11.0. The smallest absolute Gasteiger partial charge is 0.118 e. The van der Waals surface area contributed by atoms with Crippen molar-refractivity contribution in [3.8, 4) is 56.3 Å². The molecule has 6 N–H and O–H groups in total. The molecule has 0 aliphatic heterocycles. The van der Waals surface area contributed by atoms with Crippen molar-refractivity contribution in [2.45, 2.75) is 19.4 Å². The zero-order valence-corrected chi connectivity index (χ0v) is 39.2. The van der Waals surface area contributed by atoms with Gasteiger partial charge in [0.05, 0.1) is 48.0 Å². The molecule has 8 aromatic carbocycles. The van der Waals surface area contributed by atoms with Gasteiger partial charge in [-0.15, -0.1) is 0 Å². The van der Waals surface area contributed by atoms with Crippen molar-refractivity contribution in [2.24, 2.45) is 5.73 Å². The number of nitrogen functional groups attached to an aromatic ring is 2. The second-order valence-corrected chi connectivity index (χ2v) is 16.8. The molecule has 0 spiro atoms. The molecule has 0 aliphatic carbocycles. The van der Waals surface area contributed by atoms with Crippen molar-refractivity contribution in [3.63, 3.8) is 0 Å². The van der Waals surface area contributed by atoms with E-state index in [0.29, 0.717) is 6.54 Å². The number of hydrogen-bond donors (Lipinski definition) is 3. The normalized spacial score (nSPS) is 10.7. The van der Waals surface area contributed by atoms with E-state index in [1.807, 2.05) is 127 Å². The molecule has 10 rings (SSSR count). The molecule has 0 atom stereocenters. The molecule has 0 unspecified atom stereocenters. The van der Waals surface area contributed by atoms with Crippen LogP contribution in [0, 0.1) is 0 Å². The van der Waals surface area contributed by atoms with Crippen LogP contribution in [0.15, 0.2) is 211 Å². The molecule has 2 aromatic heterocycles. The first kappa shape index (κ1) is 45.8. The van der Waals surface area contributed by atoms with E-state index in [4.69, 9.17) is 36.6 Å². The van der Waals surface area contributed by atoms with Gasteiger partial charge in [-0.05, 0) is 95.3 Å². The van der Waals surface area contributed by atoms with Crippen LogP contribution in [-0.4, -0.2) is 24.2 Å². The second kappa shape index (κ2) is 21.9. The van der Waals surface area contributed by atoms with Gasteiger partial charge in [-0.3, -0.25) is 0 Å². The van der Waals surface area contributed by atoms with Crippen LogP contribution < -0.4 is 26.7 Å². The molecule has 0 radical (unpaired) electrons. The van der Waals surface area contributed by atoms with E-state index < -0.39 is 0 Å². The molecule has 7 nitrogen and oxygen atoms in total. The Morgan fingerprint density at radius 3 is 1.22 bits per heavy atom. The molecule has 0 fully saturated rings. The lowest BCUT2D eigenvalue weighted by molar-refractivity contribution is 0.414. The maximum absolute atomic E-state index is 6.84. The van der Waals surface area contributed by atoms with Gasteiger partial charge >= 0.3 is 0 Å². The summed E-state index contributed by atoms with van der Waals surface area (Å²) in [7, 11) is 3.34. The third-order valence-electron chi connectivity index (χ3n) is 11.6. The number of pyridine rings is 2. The van der Waals surface area contributed by atoms with Gasteiger partial charge in [0, 0.05) is 44.0 Å². The Labute approximate surface area is 401 Å². The van der Waals surface area contributed by atoms with Crippen LogP contribution in [-0.2, 0) is 19.4 Å². The summed E-state index contributed by atoms with van der Waals surface area (Å²) in [5.74, 6) is 1.75. The number of benzene rings is 8. The Balaban J connectivity index is 0.000000156. The number of nitrogens with zero attached hydrogens (tertiary/aromatic N) is 2. The second-order valence-electron chi connectivity index (χ2n) is 15.9. The lowest BCUT2D eigenvalue weighted by Crippen LogP contribution is -2.00. The van der Waals surface area contributed by atoms with Crippen LogP contribution in [0.3, 0.4) is 0 Å². The molecule has 0 aliphatic rings. The number of ether oxygens (including phenoxy) is 2. The van der Waals surface area contributed by atoms with Gasteiger partial charge in [-0.25, -0.2) is 9.97 Å². The molecule has 67 heavy (non-hydrogen) atoms. The minimum Gasteiger partial charge on any atom is -0.497 e. The van der Waals surface area contributed by atoms with Gasteiger partial charge in [0.2, 0.25) is 0 Å². The van der Waals surface area contributed by atoms with E-state index in [1.165, 1.54) is 11.1 Å². The maximum Gasteiger partial charge on any atom is 0.118 e. The fourth-order valence-corrected chi connectivity index (χ4v) is 8.36. The van der Waals surface area contributed by atoms with Crippen LogP contribution in [0.1, 0.15) is 16.7 Å². The summed E-state index contributed by atoms with van der Waals surface area (Å²) >= 11 is 3.53. The minimum absolute atomic E-state index is 0.587. The highest BCUT2D eigenvalue weighted by molar-refractivity contribution is 9.10. The quantitative estimate of drug-likeness (QED) is 0.125. The molecule has 0 bridgehead atoms. The van der Waals surface area contributed by atoms with E-state index in [1.54, 1.807) is 14.2 Å². The van der Waals surface area contributed by atoms with E-state index in [0.717, 1.165) is 112 Å². The lowest BCUT2D eigenvalue weighted by Gasteiger charge is -2.16. The standard InChI is InChI=1S/C30H26N2O.C21H15BrN2.C8H11NO/c1-33-25-17-14-21(15-18-25)12-13-22-16-19-27-26(20-22)29(31)28(23-8-4-2-5-9-23)30(32-27)24-10-6-3-7-11-24;22-16-11-12-18-17(13-16)20(23)19(14-7-3-1-4-8-14)21(24-18)15-9-5-2-6-10-15;1-10-8-4-2-7(6-9)3-5-8/h2-11,14-20H,12-13H2,1H3,(H2,31,32);1-13H,(H2,23,24);2-5H,6,9H2,1H3. The van der Waals surface area contributed by atoms with Gasteiger partial charge in [0.15, 0.2) is 0 Å². The molecule has 0 saturated heterocycles. The SMILES string of the molecule is COc1ccc(CCc2ccc3nc(-c4ccccc4)c(-c4ccccc4)c(N)c3c2)cc1.COc1ccc(CN)cc1.Nc1c(-c2ccccc2)c(-c2ccccc2)nc2ccc(Br)cc12. The average molecular weight is 943 g/mol. The number of halogens is 1. The maximum atomic E-state index is 6.84. The average Bonchev–Trinajstić information content (AvgIpc) is 3.39. The highest BCUT2D eigenvalue weighted by Crippen LogP contribution is 2.41. The Morgan fingerprint density at radius 2 is 0.791 bits per heavy atom. The molecule has 0 saturated carbocycles. The third-order valence-corrected chi connectivity index (χ3v) is 12.0. The lowest BCUT2D eigenvalue weighted by atomic mass is 9.94. The summed E-state index contributed by atoms with van der Waals surface area (Å²) < 4.78 is 11.2. The monoisotopic (exact) mass is 941 g/mol. The molecule has 332 valence electrons. The fraction of sp³-hybridized carbons (Fsp3) is 0.0847. The van der Waals surface area contributed by atoms with Gasteiger partial charge < -0.3 is 26.7 Å². The van der Waals surface area contributed by atoms with Crippen molar-refractivity contribution < 1.29 is 9.47 Å². The van der Waals surface area contributed by atoms with Crippen LogP contribution in [0.4, 0.5) is 11.4 Å². The summed E-state index contributed by atoms with van der Waals surface area (Å²) in [6.07, 6.45) is 1.89. The van der Waals surface area contributed by atoms with Crippen LogP contribution in [0.5, 0.6) is 11.5 Å². The molecule has 2 heterocycles. The predicted octanol–water partition coefficient (Wildman–Crippen LogP) is 14.0. The van der Waals surface area contributed by atoms with Gasteiger partial charge in [0.1, 0.15) is 11.5 Å². The van der Waals surface area contributed by atoms with E-state index >= 15 is 0 Å². The zero-order chi connectivity index (χ0) is 46.5. The van der Waals surface area contributed by atoms with Crippen LogP contribution in [0.25, 0.3) is 66.6 Å². The number of hydrogen-bond acceptors (Lipinski definition) is 7. The number of aromatic nitrogens is 2. The number of methoxy groups -OCH3 is 2. The molecule has 0 amide bonds. The Hall–Kier alpha value is -7.78. The van der Waals surface area contributed by atoms with Crippen molar-refractivity contribution in [3.05, 3.63) is 227 Å². The number of aryl methyl sites for hydroxylation is 2. The first-order valence-electron chi connectivity index (χ1n) is 22.1. The summed E-state index contributed by atoms with van der Waals surface area (Å²) in [6, 6.07) is 69.4. The first-order chi connectivity index (χ1) is 32.8. The van der Waals surface area contributed by atoms with Crippen molar-refractivity contribution in [1.82, 2.24) is 9.97 Å². The topological polar surface area (TPSA) is 122 Å². The van der Waals surface area contributed by atoms with Crippen molar-refractivity contribution in [1.29, 1.82) is 0 Å². The van der Waals surface area contributed by atoms with Gasteiger partial charge in [-0.2, -0.15) is 0 Å². The molecule has 10 aromatic rings. The number of anilines is 2. The highest BCUT2D eigenvalue weighted by atomic mass is 79.9. The summed E-state index contributed by atoms with van der Waals surface area (Å²) in [5.41, 5.74) is 33.9. The van der Waals surface area contributed by atoms with Crippen LogP contribution >= 0.6 is 15.9 Å². The van der Waals surface area contributed by atoms with Crippen molar-refractivity contribution >= 4 is 49.1 Å². The van der Waals surface area contributed by atoms with E-state index in [-0.39, 0.29) is 0 Å². The minimum atomic E-state index is 0.587. The molecular formula is C59H52BrN5O2. The predicted molar refractivity (Wildman–Crippen MR) is 283 cm³/mol. The van der Waals surface area contributed by atoms with E-state index in [9.17, 15) is 0 Å². The van der Waals surface area contributed by atoms with Gasteiger partial charge in [-0.1, -0.05) is 168 Å². The summed E-state index contributed by atoms with van der Waals surface area (Å²) in [6.45, 7) is 0.587. The number of nitrogens with two attached hydrogens (primary N) is 3. The fourth-order valence-electron chi connectivity index (χ4n) is 8.00. The Bertz CT molecular complexity index is 3170. The van der Waals surface area contributed by atoms with Crippen LogP contribution in [0.2, 0.25) is 0 Å². The molecule has 8 heteroatoms. The molecular weight excluding hydrogens is 891 g/mol. The van der Waals surface area contributed by atoms with Crippen molar-refractivity contribution in [2.75, 3.05) is 25.7 Å². The first-order valence-corrected chi connectivity index (χ1v) is 22.9. The highest BCUT2D eigenvalue weighted by Gasteiger charge is 2.18. The Kier molecular flexibility index (Phi) is 15.0. The summed E-state index contributed by atoms with van der Waals surface area (Å²) in [5, 5.41) is 1.96.